The van der Waals surface area contributed by atoms with Gasteiger partial charge in [0.05, 0.1) is 32.7 Å². The number of aryl methyl sites for hydroxylation is 1. The smallest absolute Gasteiger partial charge is 0.333 e. The Hall–Kier alpha value is -2.04. The number of ether oxygens (including phenoxy) is 2. The van der Waals surface area contributed by atoms with Gasteiger partial charge in [0, 0.05) is 11.0 Å². The fourth-order valence-corrected chi connectivity index (χ4v) is 5.67. The van der Waals surface area contributed by atoms with Crippen LogP contribution in [0.25, 0.3) is 0 Å². The van der Waals surface area contributed by atoms with Crippen LogP contribution < -0.4 is 0 Å². The lowest BCUT2D eigenvalue weighted by molar-refractivity contribution is -0.161. The number of hydrogen-bond acceptors (Lipinski definition) is 5. The van der Waals surface area contributed by atoms with Gasteiger partial charge in [0.2, 0.25) is 0 Å². The minimum Gasteiger partial charge on any atom is -0.472 e. The fraction of sp³-hybridized carbons (Fsp3) is 0.636. The van der Waals surface area contributed by atoms with Gasteiger partial charge >= 0.3 is 11.9 Å². The Bertz CT molecular complexity index is 719. The summed E-state index contributed by atoms with van der Waals surface area (Å²) in [5.74, 6) is -0.324. The number of fused-ring (bicyclic) bond motifs is 1. The zero-order chi connectivity index (χ0) is 19.7. The van der Waals surface area contributed by atoms with Gasteiger partial charge in [0.15, 0.2) is 0 Å². The molecule has 0 unspecified atom stereocenters. The van der Waals surface area contributed by atoms with Gasteiger partial charge in [-0.1, -0.05) is 19.9 Å². The molecule has 0 bridgehead atoms. The first kappa shape index (κ1) is 19.7. The maximum atomic E-state index is 12.6. The van der Waals surface area contributed by atoms with Crippen molar-refractivity contribution in [2.24, 2.45) is 22.7 Å². The zero-order valence-electron chi connectivity index (χ0n) is 16.7. The highest BCUT2D eigenvalue weighted by atomic mass is 16.5. The predicted molar refractivity (Wildman–Crippen MR) is 101 cm³/mol. The van der Waals surface area contributed by atoms with Crippen molar-refractivity contribution in [2.75, 3.05) is 14.2 Å². The average molecular weight is 374 g/mol. The Labute approximate surface area is 161 Å². The summed E-state index contributed by atoms with van der Waals surface area (Å²) in [6, 6.07) is 1.97. The number of furan rings is 1. The lowest BCUT2D eigenvalue weighted by Gasteiger charge is -2.57. The molecule has 0 spiro atoms. The van der Waals surface area contributed by atoms with Gasteiger partial charge in [-0.2, -0.15) is 0 Å². The predicted octanol–water partition coefficient (Wildman–Crippen LogP) is 4.32. The summed E-state index contributed by atoms with van der Waals surface area (Å²) in [6.07, 6.45) is 10.5. The van der Waals surface area contributed by atoms with Gasteiger partial charge in [-0.25, -0.2) is 4.79 Å². The van der Waals surface area contributed by atoms with E-state index in [9.17, 15) is 9.59 Å². The molecule has 3 rings (SSSR count). The molecule has 5 nitrogen and oxygen atoms in total. The average Bonchev–Trinajstić information content (AvgIpc) is 3.19. The van der Waals surface area contributed by atoms with Crippen molar-refractivity contribution in [3.05, 3.63) is 35.8 Å². The molecule has 5 heteroatoms. The third-order valence-corrected chi connectivity index (χ3v) is 7.16. The van der Waals surface area contributed by atoms with Crippen LogP contribution in [0.2, 0.25) is 0 Å². The minimum absolute atomic E-state index is 0.138. The van der Waals surface area contributed by atoms with Crippen molar-refractivity contribution in [3.8, 4) is 0 Å². The molecule has 4 atom stereocenters. The molecule has 0 saturated heterocycles. The summed E-state index contributed by atoms with van der Waals surface area (Å²) in [5.41, 5.74) is 1.37. The molecule has 2 aliphatic rings. The Morgan fingerprint density at radius 3 is 2.63 bits per heavy atom. The third-order valence-electron chi connectivity index (χ3n) is 7.16. The molecule has 0 amide bonds. The van der Waals surface area contributed by atoms with Crippen LogP contribution in [0, 0.1) is 22.7 Å². The van der Waals surface area contributed by atoms with E-state index in [-0.39, 0.29) is 34.6 Å². The largest absolute Gasteiger partial charge is 0.472 e. The number of allylic oxidation sites excluding steroid dienone is 1. The lowest BCUT2D eigenvalue weighted by atomic mass is 9.46. The Balaban J connectivity index is 1.97. The fourth-order valence-electron chi connectivity index (χ4n) is 5.67. The second-order valence-corrected chi connectivity index (χ2v) is 8.41. The van der Waals surface area contributed by atoms with E-state index in [0.717, 1.165) is 49.7 Å². The van der Waals surface area contributed by atoms with E-state index in [0.29, 0.717) is 0 Å². The Morgan fingerprint density at radius 2 is 2.00 bits per heavy atom. The monoisotopic (exact) mass is 374 g/mol. The summed E-state index contributed by atoms with van der Waals surface area (Å²) in [5, 5.41) is 0. The first-order valence-corrected chi connectivity index (χ1v) is 9.74. The highest BCUT2D eigenvalue weighted by Crippen LogP contribution is 2.62. The van der Waals surface area contributed by atoms with Crippen LogP contribution in [0.15, 0.2) is 34.7 Å². The molecule has 0 N–H and O–H groups in total. The third kappa shape index (κ3) is 3.32. The molecule has 27 heavy (non-hydrogen) atoms. The Kier molecular flexibility index (Phi) is 5.50. The van der Waals surface area contributed by atoms with Crippen LogP contribution in [0.1, 0.15) is 51.5 Å². The number of carbonyl (C=O) groups is 2. The van der Waals surface area contributed by atoms with Crippen LogP contribution in [-0.2, 0) is 25.5 Å². The van der Waals surface area contributed by atoms with Crippen LogP contribution in [0.4, 0.5) is 0 Å². The van der Waals surface area contributed by atoms with Crippen molar-refractivity contribution in [1.82, 2.24) is 0 Å². The molecular formula is C22H30O5. The molecule has 1 aromatic heterocycles. The van der Waals surface area contributed by atoms with E-state index in [2.05, 4.69) is 13.8 Å². The van der Waals surface area contributed by atoms with Gasteiger partial charge in [-0.05, 0) is 61.5 Å². The molecule has 2 aliphatic carbocycles. The van der Waals surface area contributed by atoms with E-state index in [1.54, 1.807) is 12.5 Å². The highest BCUT2D eigenvalue weighted by Gasteiger charge is 2.58. The van der Waals surface area contributed by atoms with E-state index in [1.165, 1.54) is 14.2 Å². The SMILES string of the molecule is COC(=O)C1=CCC[C@@H]2[C@@](C)(CCc3ccoc3)[C@H](C(=O)OC)CC[C@@]12C. The first-order valence-electron chi connectivity index (χ1n) is 9.74. The van der Waals surface area contributed by atoms with Crippen molar-refractivity contribution >= 4 is 11.9 Å². The van der Waals surface area contributed by atoms with Crippen molar-refractivity contribution in [3.63, 3.8) is 0 Å². The maximum absolute atomic E-state index is 12.6. The number of carbonyl (C=O) groups excluding carboxylic acids is 2. The first-order chi connectivity index (χ1) is 12.9. The van der Waals surface area contributed by atoms with Crippen molar-refractivity contribution in [1.29, 1.82) is 0 Å². The molecule has 1 saturated carbocycles. The summed E-state index contributed by atoms with van der Waals surface area (Å²) in [7, 11) is 2.90. The standard InChI is InChI=1S/C22H30O5/c1-21(11-8-15-10-13-27-14-15)17(20(24)26-4)9-12-22(2)16(19(23)25-3)6-5-7-18(21)22/h6,10,13-14,17-18H,5,7-9,11-12H2,1-4H3/t17-,18+,21-,22-/m0/s1. The number of methoxy groups -OCH3 is 2. The van der Waals surface area contributed by atoms with E-state index in [1.807, 2.05) is 12.1 Å². The van der Waals surface area contributed by atoms with Crippen LogP contribution >= 0.6 is 0 Å². The number of esters is 2. The van der Waals surface area contributed by atoms with Gasteiger partial charge in [-0.3, -0.25) is 4.79 Å². The minimum atomic E-state index is -0.277. The van der Waals surface area contributed by atoms with E-state index >= 15 is 0 Å². The molecule has 0 aromatic carbocycles. The van der Waals surface area contributed by atoms with Crippen molar-refractivity contribution < 1.29 is 23.5 Å². The topological polar surface area (TPSA) is 65.7 Å². The van der Waals surface area contributed by atoms with Gasteiger partial charge < -0.3 is 13.9 Å². The lowest BCUT2D eigenvalue weighted by Crippen LogP contribution is -2.54. The second-order valence-electron chi connectivity index (χ2n) is 8.41. The van der Waals surface area contributed by atoms with Gasteiger partial charge in [-0.15, -0.1) is 0 Å². The normalized spacial score (nSPS) is 33.0. The molecule has 1 heterocycles. The second kappa shape index (κ2) is 7.53. The van der Waals surface area contributed by atoms with Crippen molar-refractivity contribution in [2.45, 2.75) is 52.4 Å². The summed E-state index contributed by atoms with van der Waals surface area (Å²) in [4.78, 5) is 25.1. The molecule has 0 aliphatic heterocycles. The highest BCUT2D eigenvalue weighted by molar-refractivity contribution is 5.90. The summed E-state index contributed by atoms with van der Waals surface area (Å²) >= 11 is 0. The summed E-state index contributed by atoms with van der Waals surface area (Å²) in [6.45, 7) is 4.38. The summed E-state index contributed by atoms with van der Waals surface area (Å²) < 4.78 is 15.5. The van der Waals surface area contributed by atoms with Gasteiger partial charge in [0.1, 0.15) is 0 Å². The van der Waals surface area contributed by atoms with E-state index in [4.69, 9.17) is 13.9 Å². The Morgan fingerprint density at radius 1 is 1.22 bits per heavy atom. The van der Waals surface area contributed by atoms with Gasteiger partial charge in [0.25, 0.3) is 0 Å². The molecule has 0 radical (unpaired) electrons. The van der Waals surface area contributed by atoms with Crippen LogP contribution in [-0.4, -0.2) is 26.2 Å². The number of hydrogen-bond donors (Lipinski definition) is 0. The molecule has 1 aromatic rings. The zero-order valence-corrected chi connectivity index (χ0v) is 16.7. The van der Waals surface area contributed by atoms with E-state index < -0.39 is 0 Å². The quantitative estimate of drug-likeness (QED) is 0.718. The number of rotatable bonds is 5. The molecular weight excluding hydrogens is 344 g/mol. The van der Waals surface area contributed by atoms with Crippen LogP contribution in [0.5, 0.6) is 0 Å². The molecule has 1 fully saturated rings. The molecule has 148 valence electrons. The maximum Gasteiger partial charge on any atom is 0.333 e. The van der Waals surface area contributed by atoms with Crippen LogP contribution in [0.3, 0.4) is 0 Å².